The lowest BCUT2D eigenvalue weighted by molar-refractivity contribution is -0.142. The molecule has 1 saturated heterocycles. The smallest absolute Gasteiger partial charge is 0.120 e. The molecule has 1 aliphatic carbocycles. The van der Waals surface area contributed by atoms with Crippen LogP contribution in [0.1, 0.15) is 52.9 Å². The van der Waals surface area contributed by atoms with Crippen molar-refractivity contribution in [1.29, 1.82) is 0 Å². The topological polar surface area (TPSA) is 21.3 Å². The molecule has 2 rings (SSSR count). The van der Waals surface area contributed by atoms with E-state index in [-0.39, 0.29) is 5.72 Å². The lowest BCUT2D eigenvalue weighted by Crippen LogP contribution is -2.53. The van der Waals surface area contributed by atoms with Crippen LogP contribution in [0.15, 0.2) is 0 Å². The summed E-state index contributed by atoms with van der Waals surface area (Å²) in [5, 5.41) is 3.59. The highest BCUT2D eigenvalue weighted by atomic mass is 16.5. The van der Waals surface area contributed by atoms with E-state index in [9.17, 15) is 0 Å². The van der Waals surface area contributed by atoms with Crippen LogP contribution in [0.4, 0.5) is 0 Å². The van der Waals surface area contributed by atoms with Crippen molar-refractivity contribution in [3.8, 4) is 0 Å². The van der Waals surface area contributed by atoms with Crippen LogP contribution in [-0.4, -0.2) is 18.4 Å². The Morgan fingerprint density at radius 1 is 1.36 bits per heavy atom. The van der Waals surface area contributed by atoms with Gasteiger partial charge < -0.3 is 4.74 Å². The first-order chi connectivity index (χ1) is 6.55. The minimum atomic E-state index is 0.0302. The SMILES string of the molecule is CCC1CCNC2(CCC(C)(C)C2)O1. The first kappa shape index (κ1) is 10.4. The summed E-state index contributed by atoms with van der Waals surface area (Å²) in [5.74, 6) is 0. The third-order valence-electron chi connectivity index (χ3n) is 3.73. The van der Waals surface area contributed by atoms with Crippen LogP contribution >= 0.6 is 0 Å². The molecule has 2 fully saturated rings. The molecule has 0 bridgehead atoms. The first-order valence-electron chi connectivity index (χ1n) is 5.98. The molecule has 2 nitrogen and oxygen atoms in total. The summed E-state index contributed by atoms with van der Waals surface area (Å²) in [7, 11) is 0. The normalized spacial score (nSPS) is 41.8. The largest absolute Gasteiger partial charge is 0.357 e. The van der Waals surface area contributed by atoms with E-state index in [0.717, 1.165) is 13.0 Å². The van der Waals surface area contributed by atoms with Gasteiger partial charge in [-0.2, -0.15) is 0 Å². The quantitative estimate of drug-likeness (QED) is 0.698. The van der Waals surface area contributed by atoms with Crippen LogP contribution in [-0.2, 0) is 4.74 Å². The molecular formula is C12H23NO. The summed E-state index contributed by atoms with van der Waals surface area (Å²) in [6.45, 7) is 8.06. The van der Waals surface area contributed by atoms with Gasteiger partial charge in [0, 0.05) is 6.54 Å². The molecular weight excluding hydrogens is 174 g/mol. The summed E-state index contributed by atoms with van der Waals surface area (Å²) in [4.78, 5) is 0. The van der Waals surface area contributed by atoms with E-state index < -0.39 is 0 Å². The molecule has 14 heavy (non-hydrogen) atoms. The summed E-state index contributed by atoms with van der Waals surface area (Å²) in [5.41, 5.74) is 0.491. The fourth-order valence-corrected chi connectivity index (χ4v) is 2.91. The fourth-order valence-electron chi connectivity index (χ4n) is 2.91. The molecule has 1 saturated carbocycles. The number of hydrogen-bond donors (Lipinski definition) is 1. The summed E-state index contributed by atoms with van der Waals surface area (Å²) >= 11 is 0. The van der Waals surface area contributed by atoms with E-state index in [4.69, 9.17) is 4.74 Å². The third-order valence-corrected chi connectivity index (χ3v) is 3.73. The van der Waals surface area contributed by atoms with Gasteiger partial charge in [-0.05, 0) is 37.5 Å². The van der Waals surface area contributed by atoms with Gasteiger partial charge in [0.25, 0.3) is 0 Å². The number of rotatable bonds is 1. The minimum absolute atomic E-state index is 0.0302. The van der Waals surface area contributed by atoms with Crippen LogP contribution < -0.4 is 5.32 Å². The van der Waals surface area contributed by atoms with Crippen LogP contribution in [0.25, 0.3) is 0 Å². The summed E-state index contributed by atoms with van der Waals surface area (Å²) < 4.78 is 6.21. The van der Waals surface area contributed by atoms with Gasteiger partial charge in [-0.3, -0.25) is 5.32 Å². The van der Waals surface area contributed by atoms with E-state index in [1.165, 1.54) is 25.7 Å². The van der Waals surface area contributed by atoms with Crippen molar-refractivity contribution < 1.29 is 4.74 Å². The van der Waals surface area contributed by atoms with Gasteiger partial charge >= 0.3 is 0 Å². The lowest BCUT2D eigenvalue weighted by Gasteiger charge is -2.40. The number of hydrogen-bond acceptors (Lipinski definition) is 2. The van der Waals surface area contributed by atoms with Gasteiger partial charge in [-0.25, -0.2) is 0 Å². The van der Waals surface area contributed by atoms with Crippen LogP contribution in [0, 0.1) is 5.41 Å². The zero-order chi connectivity index (χ0) is 10.2. The van der Waals surface area contributed by atoms with Gasteiger partial charge in [0.05, 0.1) is 6.10 Å². The second-order valence-corrected chi connectivity index (χ2v) is 5.70. The van der Waals surface area contributed by atoms with E-state index in [1.54, 1.807) is 0 Å². The van der Waals surface area contributed by atoms with E-state index in [0.29, 0.717) is 11.5 Å². The predicted molar refractivity (Wildman–Crippen MR) is 58.1 cm³/mol. The molecule has 1 N–H and O–H groups in total. The number of nitrogens with one attached hydrogen (secondary N) is 1. The summed E-state index contributed by atoms with van der Waals surface area (Å²) in [6, 6.07) is 0. The molecule has 2 atom stereocenters. The highest BCUT2D eigenvalue weighted by Crippen LogP contribution is 2.45. The Morgan fingerprint density at radius 3 is 2.71 bits per heavy atom. The Morgan fingerprint density at radius 2 is 2.14 bits per heavy atom. The maximum atomic E-state index is 6.21. The molecule has 0 aromatic rings. The van der Waals surface area contributed by atoms with Crippen LogP contribution in [0.2, 0.25) is 0 Å². The maximum absolute atomic E-state index is 6.21. The van der Waals surface area contributed by atoms with E-state index >= 15 is 0 Å². The van der Waals surface area contributed by atoms with Crippen molar-refractivity contribution in [2.75, 3.05) is 6.54 Å². The molecule has 82 valence electrons. The van der Waals surface area contributed by atoms with Crippen molar-refractivity contribution in [2.45, 2.75) is 64.7 Å². The maximum Gasteiger partial charge on any atom is 0.120 e. The molecule has 0 aromatic carbocycles. The second-order valence-electron chi connectivity index (χ2n) is 5.70. The molecule has 0 radical (unpaired) electrons. The molecule has 1 spiro atoms. The lowest BCUT2D eigenvalue weighted by atomic mass is 9.91. The highest BCUT2D eigenvalue weighted by molar-refractivity contribution is 4.96. The van der Waals surface area contributed by atoms with Gasteiger partial charge in [0.1, 0.15) is 5.72 Å². The fraction of sp³-hybridized carbons (Fsp3) is 1.00. The molecule has 1 aliphatic heterocycles. The van der Waals surface area contributed by atoms with Gasteiger partial charge in [-0.15, -0.1) is 0 Å². The standard InChI is InChI=1S/C12H23NO/c1-4-10-5-8-13-12(14-10)7-6-11(2,3)9-12/h10,13H,4-9H2,1-3H3. The Kier molecular flexibility index (Phi) is 2.61. The molecule has 2 aliphatic rings. The average Bonchev–Trinajstić information content (AvgIpc) is 2.42. The number of ether oxygens (including phenoxy) is 1. The second kappa shape index (κ2) is 3.49. The van der Waals surface area contributed by atoms with Crippen molar-refractivity contribution in [2.24, 2.45) is 5.41 Å². The molecule has 0 aromatic heterocycles. The Balaban J connectivity index is 2.02. The van der Waals surface area contributed by atoms with Crippen LogP contribution in [0.3, 0.4) is 0 Å². The van der Waals surface area contributed by atoms with E-state index in [1.807, 2.05) is 0 Å². The van der Waals surface area contributed by atoms with E-state index in [2.05, 4.69) is 26.1 Å². The average molecular weight is 197 g/mol. The molecule has 2 heteroatoms. The van der Waals surface area contributed by atoms with Gasteiger partial charge in [0.2, 0.25) is 0 Å². The molecule has 0 amide bonds. The van der Waals surface area contributed by atoms with Crippen molar-refractivity contribution in [3.05, 3.63) is 0 Å². The Bertz CT molecular complexity index is 214. The van der Waals surface area contributed by atoms with Crippen molar-refractivity contribution in [1.82, 2.24) is 5.32 Å². The monoisotopic (exact) mass is 197 g/mol. The van der Waals surface area contributed by atoms with Crippen molar-refractivity contribution >= 4 is 0 Å². The summed E-state index contributed by atoms with van der Waals surface area (Å²) in [6.07, 6.45) is 6.48. The van der Waals surface area contributed by atoms with Gasteiger partial charge in [-0.1, -0.05) is 20.8 Å². The molecule has 2 unspecified atom stereocenters. The van der Waals surface area contributed by atoms with Gasteiger partial charge in [0.15, 0.2) is 0 Å². The highest BCUT2D eigenvalue weighted by Gasteiger charge is 2.46. The minimum Gasteiger partial charge on any atom is -0.357 e. The Hall–Kier alpha value is -0.0800. The van der Waals surface area contributed by atoms with Crippen molar-refractivity contribution in [3.63, 3.8) is 0 Å². The zero-order valence-electron chi connectivity index (χ0n) is 9.73. The zero-order valence-corrected chi connectivity index (χ0v) is 9.73. The first-order valence-corrected chi connectivity index (χ1v) is 5.98. The predicted octanol–water partition coefficient (Wildman–Crippen LogP) is 2.68. The Labute approximate surface area is 87.4 Å². The van der Waals surface area contributed by atoms with Crippen LogP contribution in [0.5, 0.6) is 0 Å². The molecule has 1 heterocycles. The third kappa shape index (κ3) is 1.96.